The van der Waals surface area contributed by atoms with Crippen molar-refractivity contribution in [1.82, 2.24) is 19.6 Å². The Morgan fingerprint density at radius 3 is 2.75 bits per heavy atom. The van der Waals surface area contributed by atoms with Gasteiger partial charge in [-0.3, -0.25) is 14.2 Å². The van der Waals surface area contributed by atoms with Crippen LogP contribution in [-0.4, -0.2) is 25.5 Å². The van der Waals surface area contributed by atoms with E-state index in [4.69, 9.17) is 0 Å². The van der Waals surface area contributed by atoms with Crippen LogP contribution in [0.1, 0.15) is 23.9 Å². The number of rotatable bonds is 4. The highest BCUT2D eigenvalue weighted by molar-refractivity contribution is 6.02. The maximum absolute atomic E-state index is 11.9. The third kappa shape index (κ3) is 2.96. The van der Waals surface area contributed by atoms with Crippen molar-refractivity contribution < 1.29 is 4.79 Å². The lowest BCUT2D eigenvalue weighted by Gasteiger charge is -2.02. The molecule has 0 bridgehead atoms. The summed E-state index contributed by atoms with van der Waals surface area (Å²) in [6.45, 7) is 6.62. The van der Waals surface area contributed by atoms with Crippen LogP contribution in [0.4, 0.5) is 5.69 Å². The van der Waals surface area contributed by atoms with E-state index in [1.165, 1.54) is 6.08 Å². The average Bonchev–Trinajstić information content (AvgIpc) is 2.97. The smallest absolute Gasteiger partial charge is 0.248 e. The molecule has 6 heteroatoms. The molecule has 0 saturated heterocycles. The van der Waals surface area contributed by atoms with Crippen LogP contribution < -0.4 is 5.32 Å². The highest BCUT2D eigenvalue weighted by Crippen LogP contribution is 2.18. The van der Waals surface area contributed by atoms with Crippen molar-refractivity contribution in [2.45, 2.75) is 27.3 Å². The number of anilines is 1. The summed E-state index contributed by atoms with van der Waals surface area (Å²) in [7, 11) is 1.85. The molecule has 0 aliphatic heterocycles. The van der Waals surface area contributed by atoms with Crippen LogP contribution in [0.25, 0.3) is 6.08 Å². The lowest BCUT2D eigenvalue weighted by molar-refractivity contribution is -0.111. The second kappa shape index (κ2) is 5.73. The normalized spacial score (nSPS) is 11.2. The Bertz CT molecular complexity index is 651. The molecule has 0 aliphatic carbocycles. The van der Waals surface area contributed by atoms with Gasteiger partial charge in [-0.1, -0.05) is 0 Å². The number of carbonyl (C=O) groups excluding carboxylic acids is 1. The predicted octanol–water partition coefficient (Wildman–Crippen LogP) is 1.91. The molecule has 0 unspecified atom stereocenters. The highest BCUT2D eigenvalue weighted by atomic mass is 16.1. The number of nitrogens with zero attached hydrogens (tertiary/aromatic N) is 4. The quantitative estimate of drug-likeness (QED) is 0.865. The minimum absolute atomic E-state index is 0.173. The number of aromatic nitrogens is 4. The minimum Gasteiger partial charge on any atom is -0.319 e. The van der Waals surface area contributed by atoms with E-state index in [2.05, 4.69) is 15.5 Å². The SMILES string of the molecule is CCn1cc(/C=C/C(=O)Nc2c(C)nn(C)c2C)cn1. The maximum atomic E-state index is 11.9. The molecule has 1 amide bonds. The zero-order chi connectivity index (χ0) is 14.7. The van der Waals surface area contributed by atoms with Gasteiger partial charge in [0.15, 0.2) is 0 Å². The number of nitrogens with one attached hydrogen (secondary N) is 1. The van der Waals surface area contributed by atoms with Gasteiger partial charge >= 0.3 is 0 Å². The molecule has 0 aromatic carbocycles. The van der Waals surface area contributed by atoms with E-state index in [-0.39, 0.29) is 5.91 Å². The molecule has 2 rings (SSSR count). The summed E-state index contributed by atoms with van der Waals surface area (Å²) in [6.07, 6.45) is 6.87. The third-order valence-electron chi connectivity index (χ3n) is 3.16. The van der Waals surface area contributed by atoms with Crippen LogP contribution in [0.2, 0.25) is 0 Å². The van der Waals surface area contributed by atoms with E-state index < -0.39 is 0 Å². The summed E-state index contributed by atoms with van der Waals surface area (Å²) in [4.78, 5) is 11.9. The number of hydrogen-bond donors (Lipinski definition) is 1. The molecule has 20 heavy (non-hydrogen) atoms. The molecule has 2 aromatic rings. The fourth-order valence-corrected chi connectivity index (χ4v) is 1.93. The summed E-state index contributed by atoms with van der Waals surface area (Å²) in [5.41, 5.74) is 3.42. The fourth-order valence-electron chi connectivity index (χ4n) is 1.93. The van der Waals surface area contributed by atoms with Crippen LogP contribution in [-0.2, 0) is 18.4 Å². The topological polar surface area (TPSA) is 64.7 Å². The van der Waals surface area contributed by atoms with Gasteiger partial charge in [0.1, 0.15) is 0 Å². The van der Waals surface area contributed by atoms with Crippen LogP contribution in [0.15, 0.2) is 18.5 Å². The molecule has 2 heterocycles. The first-order chi connectivity index (χ1) is 9.51. The molecule has 0 fully saturated rings. The van der Waals surface area contributed by atoms with Crippen molar-refractivity contribution in [2.24, 2.45) is 7.05 Å². The van der Waals surface area contributed by atoms with Crippen molar-refractivity contribution >= 4 is 17.7 Å². The van der Waals surface area contributed by atoms with Crippen LogP contribution in [0, 0.1) is 13.8 Å². The van der Waals surface area contributed by atoms with E-state index in [0.717, 1.165) is 29.2 Å². The van der Waals surface area contributed by atoms with Crippen LogP contribution in [0.5, 0.6) is 0 Å². The number of hydrogen-bond acceptors (Lipinski definition) is 3. The van der Waals surface area contributed by atoms with E-state index >= 15 is 0 Å². The van der Waals surface area contributed by atoms with Crippen LogP contribution >= 0.6 is 0 Å². The monoisotopic (exact) mass is 273 g/mol. The third-order valence-corrected chi connectivity index (χ3v) is 3.16. The Morgan fingerprint density at radius 2 is 2.20 bits per heavy atom. The molecule has 0 saturated carbocycles. The van der Waals surface area contributed by atoms with Gasteiger partial charge in [-0.25, -0.2) is 0 Å². The standard InChI is InChI=1S/C14H19N5O/c1-5-19-9-12(8-15-19)6-7-13(20)16-14-10(2)17-18(4)11(14)3/h6-9H,5H2,1-4H3,(H,16,20)/b7-6+. The first-order valence-corrected chi connectivity index (χ1v) is 6.53. The van der Waals surface area contributed by atoms with E-state index in [9.17, 15) is 4.79 Å². The van der Waals surface area contributed by atoms with Crippen molar-refractivity contribution in [3.8, 4) is 0 Å². The largest absolute Gasteiger partial charge is 0.319 e. The Balaban J connectivity index is 2.05. The predicted molar refractivity (Wildman–Crippen MR) is 78.2 cm³/mol. The molecular weight excluding hydrogens is 254 g/mol. The zero-order valence-corrected chi connectivity index (χ0v) is 12.2. The first kappa shape index (κ1) is 14.0. The van der Waals surface area contributed by atoms with Crippen LogP contribution in [0.3, 0.4) is 0 Å². The second-order valence-electron chi connectivity index (χ2n) is 4.62. The number of carbonyl (C=O) groups is 1. The van der Waals surface area contributed by atoms with E-state index in [1.807, 2.05) is 38.7 Å². The molecular formula is C14H19N5O. The van der Waals surface area contributed by atoms with Crippen molar-refractivity contribution in [1.29, 1.82) is 0 Å². The van der Waals surface area contributed by atoms with Gasteiger partial charge < -0.3 is 5.32 Å². The van der Waals surface area contributed by atoms with E-state index in [0.29, 0.717) is 0 Å². The fraction of sp³-hybridized carbons (Fsp3) is 0.357. The second-order valence-corrected chi connectivity index (χ2v) is 4.62. The Kier molecular flexibility index (Phi) is 4.02. The average molecular weight is 273 g/mol. The molecule has 0 radical (unpaired) electrons. The molecule has 2 aromatic heterocycles. The Hall–Kier alpha value is -2.37. The number of aryl methyl sites for hydroxylation is 3. The first-order valence-electron chi connectivity index (χ1n) is 6.53. The minimum atomic E-state index is -0.173. The Morgan fingerprint density at radius 1 is 1.45 bits per heavy atom. The maximum Gasteiger partial charge on any atom is 0.248 e. The van der Waals surface area contributed by atoms with Gasteiger partial charge in [-0.15, -0.1) is 0 Å². The zero-order valence-electron chi connectivity index (χ0n) is 12.2. The Labute approximate surface area is 118 Å². The van der Waals surface area contributed by atoms with Crippen molar-refractivity contribution in [2.75, 3.05) is 5.32 Å². The summed E-state index contributed by atoms with van der Waals surface area (Å²) >= 11 is 0. The lowest BCUT2D eigenvalue weighted by atomic mass is 10.3. The molecule has 0 atom stereocenters. The number of amides is 1. The molecule has 1 N–H and O–H groups in total. The van der Waals surface area contributed by atoms with Gasteiger partial charge in [0, 0.05) is 31.4 Å². The van der Waals surface area contributed by atoms with Gasteiger partial charge in [-0.2, -0.15) is 10.2 Å². The summed E-state index contributed by atoms with van der Waals surface area (Å²) in [5, 5.41) is 11.3. The summed E-state index contributed by atoms with van der Waals surface area (Å²) < 4.78 is 3.56. The lowest BCUT2D eigenvalue weighted by Crippen LogP contribution is -2.09. The summed E-state index contributed by atoms with van der Waals surface area (Å²) in [5.74, 6) is -0.173. The van der Waals surface area contributed by atoms with Gasteiger partial charge in [0.2, 0.25) is 5.91 Å². The van der Waals surface area contributed by atoms with Gasteiger partial charge in [-0.05, 0) is 26.8 Å². The van der Waals surface area contributed by atoms with Crippen molar-refractivity contribution in [3.05, 3.63) is 35.4 Å². The molecule has 0 aliphatic rings. The molecule has 106 valence electrons. The van der Waals surface area contributed by atoms with E-state index in [1.54, 1.807) is 17.0 Å². The van der Waals surface area contributed by atoms with Gasteiger partial charge in [0.25, 0.3) is 0 Å². The van der Waals surface area contributed by atoms with Gasteiger partial charge in [0.05, 0.1) is 23.3 Å². The highest BCUT2D eigenvalue weighted by Gasteiger charge is 2.10. The summed E-state index contributed by atoms with van der Waals surface area (Å²) in [6, 6.07) is 0. The molecule has 0 spiro atoms. The molecule has 6 nitrogen and oxygen atoms in total. The van der Waals surface area contributed by atoms with Crippen molar-refractivity contribution in [3.63, 3.8) is 0 Å².